The first-order chi connectivity index (χ1) is 13.9. The van der Waals surface area contributed by atoms with Gasteiger partial charge in [0.2, 0.25) is 0 Å². The van der Waals surface area contributed by atoms with Crippen molar-refractivity contribution in [3.8, 4) is 0 Å². The van der Waals surface area contributed by atoms with Crippen LogP contribution in [0.15, 0.2) is 28.2 Å². The van der Waals surface area contributed by atoms with E-state index in [0.29, 0.717) is 0 Å². The molecule has 0 unspecified atom stereocenters. The molecule has 152 valence electrons. The molecule has 1 atom stereocenters. The molecule has 0 saturated heterocycles. The quantitative estimate of drug-likeness (QED) is 0.685. The molecule has 29 heavy (non-hydrogen) atoms. The average Bonchev–Trinajstić information content (AvgIpc) is 3.26. The van der Waals surface area contributed by atoms with E-state index in [0.717, 1.165) is 54.3 Å². The smallest absolute Gasteiger partial charge is 0.252 e. The van der Waals surface area contributed by atoms with Crippen LogP contribution in [-0.2, 0) is 19.5 Å². The summed E-state index contributed by atoms with van der Waals surface area (Å²) in [5.74, 6) is 0.873. The number of carbonyl (C=O) groups is 1. The van der Waals surface area contributed by atoms with Gasteiger partial charge in [0.1, 0.15) is 5.76 Å². The van der Waals surface area contributed by atoms with Crippen LogP contribution in [0.1, 0.15) is 62.0 Å². The van der Waals surface area contributed by atoms with Crippen molar-refractivity contribution in [2.45, 2.75) is 53.2 Å². The summed E-state index contributed by atoms with van der Waals surface area (Å²) in [5.41, 5.74) is 6.12. The molecule has 7 heteroatoms. The van der Waals surface area contributed by atoms with E-state index in [1.165, 1.54) is 16.0 Å². The Morgan fingerprint density at radius 3 is 2.93 bits per heavy atom. The number of aryl methyl sites for hydroxylation is 3. The highest BCUT2D eigenvalue weighted by molar-refractivity contribution is 7.10. The third-order valence-corrected chi connectivity index (χ3v) is 6.65. The lowest BCUT2D eigenvalue weighted by atomic mass is 10.0. The second-order valence-corrected chi connectivity index (χ2v) is 8.68. The van der Waals surface area contributed by atoms with Crippen molar-refractivity contribution in [1.29, 1.82) is 0 Å². The highest BCUT2D eigenvalue weighted by Crippen LogP contribution is 2.30. The number of aromatic nitrogens is 2. The van der Waals surface area contributed by atoms with E-state index in [-0.39, 0.29) is 11.9 Å². The summed E-state index contributed by atoms with van der Waals surface area (Å²) in [6.07, 6.45) is 2.65. The zero-order valence-electron chi connectivity index (χ0n) is 17.3. The molecular weight excluding hydrogens is 384 g/mol. The molecule has 1 aliphatic heterocycles. The molecule has 0 fully saturated rings. The maximum atomic E-state index is 12.9. The Hall–Kier alpha value is -2.51. The first-order valence-electron chi connectivity index (χ1n) is 9.89. The third-order valence-electron chi connectivity index (χ3n) is 5.64. The molecule has 1 aliphatic rings. The number of pyridine rings is 1. The molecule has 0 saturated carbocycles. The summed E-state index contributed by atoms with van der Waals surface area (Å²) < 4.78 is 5.29. The van der Waals surface area contributed by atoms with Gasteiger partial charge in [0, 0.05) is 41.7 Å². The van der Waals surface area contributed by atoms with E-state index in [2.05, 4.69) is 20.4 Å². The maximum absolute atomic E-state index is 12.9. The molecule has 0 bridgehead atoms. The minimum Gasteiger partial charge on any atom is -0.361 e. The van der Waals surface area contributed by atoms with Gasteiger partial charge in [-0.05, 0) is 51.3 Å². The van der Waals surface area contributed by atoms with Crippen LogP contribution in [0.5, 0.6) is 0 Å². The highest BCUT2D eigenvalue weighted by Gasteiger charge is 2.26. The molecule has 3 aromatic rings. The number of hydrogen-bond donors (Lipinski definition) is 1. The Kier molecular flexibility index (Phi) is 5.52. The van der Waals surface area contributed by atoms with Gasteiger partial charge in [-0.2, -0.15) is 0 Å². The summed E-state index contributed by atoms with van der Waals surface area (Å²) >= 11 is 1.67. The van der Waals surface area contributed by atoms with Crippen LogP contribution in [0.4, 0.5) is 0 Å². The fourth-order valence-corrected chi connectivity index (χ4v) is 5.07. The number of nitrogens with zero attached hydrogens (tertiary/aromatic N) is 3. The number of hydrogen-bond acceptors (Lipinski definition) is 6. The monoisotopic (exact) mass is 410 g/mol. The molecule has 4 heterocycles. The van der Waals surface area contributed by atoms with Gasteiger partial charge in [-0.15, -0.1) is 11.3 Å². The minimum atomic E-state index is -0.126. The average molecular weight is 411 g/mol. The van der Waals surface area contributed by atoms with E-state index in [1.54, 1.807) is 17.5 Å². The zero-order valence-corrected chi connectivity index (χ0v) is 18.1. The standard InChI is InChI=1S/C22H26N4O2S/c1-13-6-5-8-23-21(13)15(3)24-22(27)19-12-29-20-11-26(9-7-17(19)20)10-18-14(2)25-28-16(18)4/h5-6,8,12,15H,7,9-11H2,1-4H3,(H,24,27)/t15-/m1/s1. The van der Waals surface area contributed by atoms with Crippen molar-refractivity contribution in [2.24, 2.45) is 0 Å². The topological polar surface area (TPSA) is 71.3 Å². The van der Waals surface area contributed by atoms with Crippen molar-refractivity contribution in [3.05, 3.63) is 68.0 Å². The fraction of sp³-hybridized carbons (Fsp3) is 0.409. The Labute approximate surface area is 174 Å². The highest BCUT2D eigenvalue weighted by atomic mass is 32.1. The normalized spacial score (nSPS) is 15.2. The van der Waals surface area contributed by atoms with Crippen molar-refractivity contribution >= 4 is 17.2 Å². The summed E-state index contributed by atoms with van der Waals surface area (Å²) in [5, 5.41) is 9.18. The molecule has 0 spiro atoms. The number of fused-ring (bicyclic) bond motifs is 1. The van der Waals surface area contributed by atoms with Crippen LogP contribution >= 0.6 is 11.3 Å². The molecule has 1 N–H and O–H groups in total. The lowest BCUT2D eigenvalue weighted by Gasteiger charge is -2.27. The van der Waals surface area contributed by atoms with Crippen molar-refractivity contribution in [1.82, 2.24) is 20.4 Å². The molecular formula is C22H26N4O2S. The van der Waals surface area contributed by atoms with Crippen LogP contribution < -0.4 is 5.32 Å². The summed E-state index contributed by atoms with van der Waals surface area (Å²) in [6, 6.07) is 3.81. The van der Waals surface area contributed by atoms with E-state index >= 15 is 0 Å². The molecule has 0 radical (unpaired) electrons. The Morgan fingerprint density at radius 1 is 1.38 bits per heavy atom. The SMILES string of the molecule is Cc1cccnc1[C@@H](C)NC(=O)c1csc2c1CCN(Cc1c(C)noc1C)C2. The first-order valence-corrected chi connectivity index (χ1v) is 10.8. The number of amides is 1. The Balaban J connectivity index is 1.45. The van der Waals surface area contributed by atoms with Gasteiger partial charge in [0.25, 0.3) is 5.91 Å². The molecule has 1 amide bonds. The second kappa shape index (κ2) is 8.08. The minimum absolute atomic E-state index is 0.0146. The molecule has 6 nitrogen and oxygen atoms in total. The van der Waals surface area contributed by atoms with E-state index in [1.807, 2.05) is 45.2 Å². The van der Waals surface area contributed by atoms with Gasteiger partial charge >= 0.3 is 0 Å². The van der Waals surface area contributed by atoms with Gasteiger partial charge in [0.05, 0.1) is 23.0 Å². The number of carbonyl (C=O) groups excluding carboxylic acids is 1. The van der Waals surface area contributed by atoms with Crippen LogP contribution in [0.25, 0.3) is 0 Å². The predicted octanol–water partition coefficient (Wildman–Crippen LogP) is 4.11. The number of thiophene rings is 1. The van der Waals surface area contributed by atoms with Crippen molar-refractivity contribution in [3.63, 3.8) is 0 Å². The Bertz CT molecular complexity index is 1020. The third kappa shape index (κ3) is 3.97. The number of nitrogens with one attached hydrogen (secondary N) is 1. The van der Waals surface area contributed by atoms with E-state index in [4.69, 9.17) is 4.52 Å². The fourth-order valence-electron chi connectivity index (χ4n) is 3.95. The predicted molar refractivity (Wildman–Crippen MR) is 113 cm³/mol. The molecule has 0 aliphatic carbocycles. The van der Waals surface area contributed by atoms with Crippen molar-refractivity contribution < 1.29 is 9.32 Å². The second-order valence-electron chi connectivity index (χ2n) is 7.72. The molecule has 3 aromatic heterocycles. The zero-order chi connectivity index (χ0) is 20.5. The van der Waals surface area contributed by atoms with Crippen LogP contribution in [0.3, 0.4) is 0 Å². The van der Waals surface area contributed by atoms with Crippen LogP contribution in [0.2, 0.25) is 0 Å². The van der Waals surface area contributed by atoms with Gasteiger partial charge in [-0.3, -0.25) is 14.7 Å². The van der Waals surface area contributed by atoms with Gasteiger partial charge in [0.15, 0.2) is 0 Å². The van der Waals surface area contributed by atoms with E-state index in [9.17, 15) is 4.79 Å². The first kappa shape index (κ1) is 19.8. The molecule has 0 aromatic carbocycles. The van der Waals surface area contributed by atoms with Crippen molar-refractivity contribution in [2.75, 3.05) is 6.54 Å². The van der Waals surface area contributed by atoms with Crippen LogP contribution in [-0.4, -0.2) is 27.5 Å². The van der Waals surface area contributed by atoms with Gasteiger partial charge in [-0.25, -0.2) is 0 Å². The largest absolute Gasteiger partial charge is 0.361 e. The summed E-state index contributed by atoms with van der Waals surface area (Å²) in [4.78, 5) is 21.0. The lowest BCUT2D eigenvalue weighted by molar-refractivity contribution is 0.0937. The van der Waals surface area contributed by atoms with Crippen LogP contribution in [0, 0.1) is 20.8 Å². The van der Waals surface area contributed by atoms with Gasteiger partial charge in [-0.1, -0.05) is 11.2 Å². The number of rotatable bonds is 5. The Morgan fingerprint density at radius 2 is 2.21 bits per heavy atom. The maximum Gasteiger partial charge on any atom is 0.252 e. The van der Waals surface area contributed by atoms with E-state index < -0.39 is 0 Å². The molecule has 4 rings (SSSR count). The van der Waals surface area contributed by atoms with Gasteiger partial charge < -0.3 is 9.84 Å². The summed E-state index contributed by atoms with van der Waals surface area (Å²) in [6.45, 7) is 10.6. The lowest BCUT2D eigenvalue weighted by Crippen LogP contribution is -2.32. The summed E-state index contributed by atoms with van der Waals surface area (Å²) in [7, 11) is 0.